The fourth-order valence-electron chi connectivity index (χ4n) is 1.32. The molecular formula is C8H9N3O4. The second-order valence-corrected chi connectivity index (χ2v) is 2.87. The van der Waals surface area contributed by atoms with Crippen LogP contribution in [0.1, 0.15) is 5.56 Å². The Morgan fingerprint density at radius 2 is 1.80 bits per heavy atom. The summed E-state index contributed by atoms with van der Waals surface area (Å²) in [7, 11) is 1.52. The normalized spacial score (nSPS) is 9.73. The topological polar surface area (TPSA) is 98.3 Å². The zero-order valence-electron chi connectivity index (χ0n) is 8.18. The number of rotatable bonds is 3. The van der Waals surface area contributed by atoms with Crippen LogP contribution in [0.25, 0.3) is 0 Å². The predicted molar refractivity (Wildman–Crippen MR) is 54.0 cm³/mol. The molecule has 7 heteroatoms. The van der Waals surface area contributed by atoms with Crippen molar-refractivity contribution < 1.29 is 9.85 Å². The number of hydrogen-bond donors (Lipinski definition) is 1. The van der Waals surface area contributed by atoms with Crippen molar-refractivity contribution in [3.63, 3.8) is 0 Å². The van der Waals surface area contributed by atoms with E-state index >= 15 is 0 Å². The Morgan fingerprint density at radius 1 is 1.20 bits per heavy atom. The molecule has 0 saturated carbocycles. The Kier molecular flexibility index (Phi) is 2.84. The van der Waals surface area contributed by atoms with Gasteiger partial charge in [-0.2, -0.15) is 0 Å². The van der Waals surface area contributed by atoms with E-state index < -0.39 is 9.85 Å². The summed E-state index contributed by atoms with van der Waals surface area (Å²) in [5, 5.41) is 23.9. The van der Waals surface area contributed by atoms with Gasteiger partial charge in [0, 0.05) is 13.1 Å². The molecule has 0 spiro atoms. The molecule has 1 aromatic carbocycles. The van der Waals surface area contributed by atoms with E-state index in [0.29, 0.717) is 0 Å². The van der Waals surface area contributed by atoms with Gasteiger partial charge in [-0.15, -0.1) is 0 Å². The highest BCUT2D eigenvalue weighted by atomic mass is 16.6. The summed E-state index contributed by atoms with van der Waals surface area (Å²) < 4.78 is 0. The molecule has 0 aromatic heterocycles. The van der Waals surface area contributed by atoms with Crippen molar-refractivity contribution in [2.45, 2.75) is 6.92 Å². The monoisotopic (exact) mass is 211 g/mol. The lowest BCUT2D eigenvalue weighted by Crippen LogP contribution is -2.01. The summed E-state index contributed by atoms with van der Waals surface area (Å²) in [5.41, 5.74) is -0.188. The summed E-state index contributed by atoms with van der Waals surface area (Å²) in [4.78, 5) is 20.0. The molecule has 0 aliphatic rings. The summed E-state index contributed by atoms with van der Waals surface area (Å²) in [5.74, 6) is 0. The Bertz CT molecular complexity index is 430. The van der Waals surface area contributed by atoms with Crippen molar-refractivity contribution in [3.05, 3.63) is 37.9 Å². The Balaban J connectivity index is 3.49. The van der Waals surface area contributed by atoms with Gasteiger partial charge in [-0.25, -0.2) is 0 Å². The number of nitro benzene ring substituents is 2. The lowest BCUT2D eigenvalue weighted by molar-refractivity contribution is -0.394. The Morgan fingerprint density at radius 3 is 2.20 bits per heavy atom. The van der Waals surface area contributed by atoms with Crippen LogP contribution in [0.2, 0.25) is 0 Å². The zero-order chi connectivity index (χ0) is 11.6. The third kappa shape index (κ3) is 1.85. The molecule has 0 fully saturated rings. The van der Waals surface area contributed by atoms with Crippen LogP contribution >= 0.6 is 0 Å². The maximum Gasteiger partial charge on any atom is 0.302 e. The minimum absolute atomic E-state index is 0.0526. The molecule has 1 N–H and O–H groups in total. The summed E-state index contributed by atoms with van der Waals surface area (Å²) in [6, 6.07) is 2.57. The lowest BCUT2D eigenvalue weighted by Gasteiger charge is -2.04. The van der Waals surface area contributed by atoms with Gasteiger partial charge < -0.3 is 5.32 Å². The number of hydrogen-bond acceptors (Lipinski definition) is 5. The minimum atomic E-state index is -0.637. The van der Waals surface area contributed by atoms with Crippen LogP contribution in [0.3, 0.4) is 0 Å². The lowest BCUT2D eigenvalue weighted by atomic mass is 10.1. The molecule has 0 saturated heterocycles. The quantitative estimate of drug-likeness (QED) is 0.607. The SMILES string of the molecule is CNc1ccc([N+](=O)[O-])c(C)c1[N+](=O)[O-]. The third-order valence-corrected chi connectivity index (χ3v) is 2.05. The highest BCUT2D eigenvalue weighted by Gasteiger charge is 2.24. The molecule has 1 rings (SSSR count). The van der Waals surface area contributed by atoms with Crippen molar-refractivity contribution in [1.29, 1.82) is 0 Å². The molecule has 0 atom stereocenters. The highest BCUT2D eigenvalue weighted by Crippen LogP contribution is 2.33. The van der Waals surface area contributed by atoms with Crippen molar-refractivity contribution in [2.24, 2.45) is 0 Å². The first kappa shape index (κ1) is 10.9. The average molecular weight is 211 g/mol. The Labute approximate surface area is 85.0 Å². The molecule has 7 nitrogen and oxygen atoms in total. The van der Waals surface area contributed by atoms with Crippen LogP contribution in [-0.2, 0) is 0 Å². The molecule has 1 aromatic rings. The maximum absolute atomic E-state index is 10.7. The van der Waals surface area contributed by atoms with Gasteiger partial charge in [-0.1, -0.05) is 0 Å². The van der Waals surface area contributed by atoms with Gasteiger partial charge in [-0.05, 0) is 13.0 Å². The van der Waals surface area contributed by atoms with Gasteiger partial charge >= 0.3 is 5.69 Å². The first-order valence-corrected chi connectivity index (χ1v) is 4.09. The zero-order valence-corrected chi connectivity index (χ0v) is 8.18. The van der Waals surface area contributed by atoms with Crippen LogP contribution in [0.5, 0.6) is 0 Å². The van der Waals surface area contributed by atoms with Gasteiger partial charge in [0.15, 0.2) is 0 Å². The first-order valence-electron chi connectivity index (χ1n) is 4.09. The largest absolute Gasteiger partial charge is 0.383 e. The van der Waals surface area contributed by atoms with E-state index in [1.165, 1.54) is 26.1 Å². The van der Waals surface area contributed by atoms with Gasteiger partial charge in [0.2, 0.25) is 0 Å². The second kappa shape index (κ2) is 3.91. The van der Waals surface area contributed by atoms with E-state index in [-0.39, 0.29) is 22.6 Å². The van der Waals surface area contributed by atoms with Gasteiger partial charge in [0.25, 0.3) is 5.69 Å². The van der Waals surface area contributed by atoms with Crippen LogP contribution in [0.4, 0.5) is 17.1 Å². The number of nitro groups is 2. The van der Waals surface area contributed by atoms with Gasteiger partial charge in [0.05, 0.1) is 9.85 Å². The van der Waals surface area contributed by atoms with E-state index in [4.69, 9.17) is 0 Å². The number of nitrogens with one attached hydrogen (secondary N) is 1. The standard InChI is InChI=1S/C8H9N3O4/c1-5-7(10(12)13)4-3-6(9-2)8(5)11(14)15/h3-4,9H,1-2H3. The van der Waals surface area contributed by atoms with Crippen molar-refractivity contribution >= 4 is 17.1 Å². The first-order chi connectivity index (χ1) is 6.99. The molecule has 0 amide bonds. The molecule has 0 heterocycles. The highest BCUT2D eigenvalue weighted by molar-refractivity contribution is 5.70. The number of benzene rings is 1. The summed E-state index contributed by atoms with van der Waals surface area (Å²) >= 11 is 0. The van der Waals surface area contributed by atoms with Crippen LogP contribution in [0, 0.1) is 27.2 Å². The molecule has 15 heavy (non-hydrogen) atoms. The van der Waals surface area contributed by atoms with Crippen LogP contribution in [-0.4, -0.2) is 16.9 Å². The maximum atomic E-state index is 10.7. The Hall–Kier alpha value is -2.18. The number of anilines is 1. The van der Waals surface area contributed by atoms with E-state index in [1.54, 1.807) is 0 Å². The molecule has 0 aliphatic heterocycles. The summed E-state index contributed by atoms with van der Waals surface area (Å²) in [6.45, 7) is 1.36. The molecule has 80 valence electrons. The fourth-order valence-corrected chi connectivity index (χ4v) is 1.32. The molecular weight excluding hydrogens is 202 g/mol. The molecule has 0 aliphatic carbocycles. The van der Waals surface area contributed by atoms with E-state index in [0.717, 1.165) is 0 Å². The smallest absolute Gasteiger partial charge is 0.302 e. The van der Waals surface area contributed by atoms with Crippen molar-refractivity contribution in [2.75, 3.05) is 12.4 Å². The molecule has 0 radical (unpaired) electrons. The van der Waals surface area contributed by atoms with Gasteiger partial charge in [-0.3, -0.25) is 20.2 Å². The van der Waals surface area contributed by atoms with Crippen LogP contribution in [0.15, 0.2) is 12.1 Å². The second-order valence-electron chi connectivity index (χ2n) is 2.87. The van der Waals surface area contributed by atoms with Gasteiger partial charge in [0.1, 0.15) is 11.3 Å². The van der Waals surface area contributed by atoms with E-state index in [9.17, 15) is 20.2 Å². The number of nitrogens with zero attached hydrogens (tertiary/aromatic N) is 2. The molecule has 0 unspecified atom stereocenters. The van der Waals surface area contributed by atoms with Crippen LogP contribution < -0.4 is 5.32 Å². The van der Waals surface area contributed by atoms with Crippen molar-refractivity contribution in [3.8, 4) is 0 Å². The van der Waals surface area contributed by atoms with Crippen molar-refractivity contribution in [1.82, 2.24) is 0 Å². The average Bonchev–Trinajstić information content (AvgIpc) is 2.15. The molecule has 0 bridgehead atoms. The third-order valence-electron chi connectivity index (χ3n) is 2.05. The predicted octanol–water partition coefficient (Wildman–Crippen LogP) is 1.85. The van der Waals surface area contributed by atoms with E-state index in [2.05, 4.69) is 5.32 Å². The minimum Gasteiger partial charge on any atom is -0.383 e. The van der Waals surface area contributed by atoms with E-state index in [1.807, 2.05) is 0 Å². The fraction of sp³-hybridized carbons (Fsp3) is 0.250. The summed E-state index contributed by atoms with van der Waals surface area (Å²) in [6.07, 6.45) is 0.